The molecule has 6 rings (SSSR count). The summed E-state index contributed by atoms with van der Waals surface area (Å²) in [4.78, 5) is 32.8. The fraction of sp³-hybridized carbons (Fsp3) is 0.484. The number of amides is 1. The van der Waals surface area contributed by atoms with Gasteiger partial charge in [-0.1, -0.05) is 13.0 Å². The summed E-state index contributed by atoms with van der Waals surface area (Å²) in [6, 6.07) is 6.85. The summed E-state index contributed by atoms with van der Waals surface area (Å²) in [7, 11) is 1.73. The fourth-order valence-corrected chi connectivity index (χ4v) is 7.13. The number of nitrogens with one attached hydrogen (secondary N) is 1. The van der Waals surface area contributed by atoms with Crippen molar-refractivity contribution in [3.05, 3.63) is 64.3 Å². The molecule has 2 fully saturated rings. The molecule has 2 saturated heterocycles. The molecule has 222 valence electrons. The van der Waals surface area contributed by atoms with Gasteiger partial charge >= 0.3 is 0 Å². The number of morpholine rings is 1. The predicted octanol–water partition coefficient (Wildman–Crippen LogP) is 4.36. The van der Waals surface area contributed by atoms with Crippen molar-refractivity contribution in [1.29, 1.82) is 0 Å². The molecule has 3 aromatic heterocycles. The van der Waals surface area contributed by atoms with E-state index in [1.807, 2.05) is 24.2 Å². The second kappa shape index (κ2) is 12.8. The number of hydrogen-bond donors (Lipinski definition) is 1. The molecular formula is C31H39N7O3S. The number of carbonyl (C=O) groups is 1. The van der Waals surface area contributed by atoms with E-state index in [9.17, 15) is 4.79 Å². The molecule has 0 radical (unpaired) electrons. The molecular weight excluding hydrogens is 550 g/mol. The first-order chi connectivity index (χ1) is 20.5. The molecule has 0 spiro atoms. The predicted molar refractivity (Wildman–Crippen MR) is 164 cm³/mol. The van der Waals surface area contributed by atoms with Crippen molar-refractivity contribution in [2.45, 2.75) is 52.2 Å². The highest BCUT2D eigenvalue weighted by molar-refractivity contribution is 7.20. The number of benzene rings is 1. The molecule has 0 atom stereocenters. The van der Waals surface area contributed by atoms with Crippen molar-refractivity contribution in [3.63, 3.8) is 0 Å². The Morgan fingerprint density at radius 3 is 2.69 bits per heavy atom. The molecule has 2 aliphatic heterocycles. The van der Waals surface area contributed by atoms with Crippen LogP contribution in [0.25, 0.3) is 10.2 Å². The normalized spacial score (nSPS) is 16.7. The van der Waals surface area contributed by atoms with Crippen molar-refractivity contribution in [2.24, 2.45) is 0 Å². The third kappa shape index (κ3) is 5.99. The largest absolute Gasteiger partial charge is 0.496 e. The maximum absolute atomic E-state index is 13.2. The second-order valence-electron chi connectivity index (χ2n) is 11.0. The minimum atomic E-state index is 0.0653. The van der Waals surface area contributed by atoms with Crippen LogP contribution in [0.3, 0.4) is 0 Å². The average molecular weight is 590 g/mol. The van der Waals surface area contributed by atoms with E-state index in [1.54, 1.807) is 13.4 Å². The molecule has 0 aliphatic carbocycles. The van der Waals surface area contributed by atoms with Crippen LogP contribution in [0.5, 0.6) is 5.75 Å². The van der Waals surface area contributed by atoms with Gasteiger partial charge in [-0.05, 0) is 43.0 Å². The Morgan fingerprint density at radius 2 is 1.93 bits per heavy atom. The quantitative estimate of drug-likeness (QED) is 0.308. The number of methoxy groups -OCH3 is 1. The van der Waals surface area contributed by atoms with Crippen molar-refractivity contribution in [2.75, 3.05) is 51.8 Å². The van der Waals surface area contributed by atoms with Crippen LogP contribution in [0.4, 0.5) is 5.82 Å². The van der Waals surface area contributed by atoms with Crippen LogP contribution < -0.4 is 10.1 Å². The average Bonchev–Trinajstić information content (AvgIpc) is 3.62. The topological polar surface area (TPSA) is 97.6 Å². The van der Waals surface area contributed by atoms with Gasteiger partial charge < -0.3 is 24.3 Å². The molecule has 42 heavy (non-hydrogen) atoms. The number of piperidine rings is 1. The molecule has 0 saturated carbocycles. The number of nitrogens with zero attached hydrogens (tertiary/aromatic N) is 6. The smallest absolute Gasteiger partial charge is 0.264 e. The van der Waals surface area contributed by atoms with Crippen LogP contribution in [0.1, 0.15) is 52.0 Å². The number of likely N-dealkylation sites (tertiary alicyclic amines) is 1. The van der Waals surface area contributed by atoms with Gasteiger partial charge in [0.1, 0.15) is 28.5 Å². The summed E-state index contributed by atoms with van der Waals surface area (Å²) in [5, 5.41) is 4.67. The number of hydrogen-bond acceptors (Lipinski definition) is 9. The number of fused-ring (bicyclic) bond motifs is 1. The number of imidazole rings is 1. The lowest BCUT2D eigenvalue weighted by Gasteiger charge is -2.33. The van der Waals surface area contributed by atoms with Crippen molar-refractivity contribution in [3.8, 4) is 5.75 Å². The molecule has 1 amide bonds. The number of aromatic nitrogens is 4. The second-order valence-corrected chi connectivity index (χ2v) is 12.0. The zero-order valence-corrected chi connectivity index (χ0v) is 25.5. The van der Waals surface area contributed by atoms with Gasteiger partial charge in [-0.3, -0.25) is 9.69 Å². The van der Waals surface area contributed by atoms with E-state index in [2.05, 4.69) is 54.9 Å². The van der Waals surface area contributed by atoms with Gasteiger partial charge in [0.05, 0.1) is 37.1 Å². The maximum Gasteiger partial charge on any atom is 0.264 e. The van der Waals surface area contributed by atoms with E-state index in [-0.39, 0.29) is 5.91 Å². The van der Waals surface area contributed by atoms with E-state index in [1.165, 1.54) is 22.5 Å². The molecule has 0 bridgehead atoms. The minimum Gasteiger partial charge on any atom is -0.496 e. The van der Waals surface area contributed by atoms with Crippen molar-refractivity contribution >= 4 is 33.3 Å². The SMILES string of the molecule is CCc1nccn1Cc1cc(CN2CCC(Nc3ncnc4sc(C(=O)N5CCOCC5)c(C)c34)CC2)ccc1OC. The third-order valence-electron chi connectivity index (χ3n) is 8.36. The molecule has 0 unspecified atom stereocenters. The van der Waals surface area contributed by atoms with Crippen LogP contribution in [-0.4, -0.2) is 87.8 Å². The Hall–Kier alpha value is -3.54. The number of thiophene rings is 1. The van der Waals surface area contributed by atoms with Gasteiger partial charge in [-0.15, -0.1) is 11.3 Å². The molecule has 1 aromatic carbocycles. The van der Waals surface area contributed by atoms with Gasteiger partial charge in [-0.25, -0.2) is 15.0 Å². The number of rotatable bonds is 9. The van der Waals surface area contributed by atoms with Crippen molar-refractivity contribution < 1.29 is 14.3 Å². The minimum absolute atomic E-state index is 0.0653. The Kier molecular flexibility index (Phi) is 8.68. The van der Waals surface area contributed by atoms with Crippen LogP contribution in [0, 0.1) is 6.92 Å². The first-order valence-corrected chi connectivity index (χ1v) is 15.6. The zero-order valence-electron chi connectivity index (χ0n) is 24.6. The molecule has 11 heteroatoms. The number of ether oxygens (including phenoxy) is 2. The molecule has 10 nitrogen and oxygen atoms in total. The van der Waals surface area contributed by atoms with Crippen LogP contribution in [0.2, 0.25) is 0 Å². The Morgan fingerprint density at radius 1 is 1.12 bits per heavy atom. The maximum atomic E-state index is 13.2. The number of carbonyl (C=O) groups excluding carboxylic acids is 1. The van der Waals surface area contributed by atoms with Crippen molar-refractivity contribution in [1.82, 2.24) is 29.3 Å². The Bertz CT molecular complexity index is 1540. The van der Waals surface area contributed by atoms with Gasteiger partial charge in [-0.2, -0.15) is 0 Å². The first kappa shape index (κ1) is 28.6. The molecule has 1 N–H and O–H groups in total. The zero-order chi connectivity index (χ0) is 29.1. The van der Waals surface area contributed by atoms with Crippen LogP contribution >= 0.6 is 11.3 Å². The van der Waals surface area contributed by atoms with Gasteiger partial charge in [0, 0.05) is 63.1 Å². The lowest BCUT2D eigenvalue weighted by Crippen LogP contribution is -2.40. The van der Waals surface area contributed by atoms with E-state index >= 15 is 0 Å². The summed E-state index contributed by atoms with van der Waals surface area (Å²) in [6.45, 7) is 10.2. The summed E-state index contributed by atoms with van der Waals surface area (Å²) < 4.78 is 13.3. The molecule has 2 aliphatic rings. The summed E-state index contributed by atoms with van der Waals surface area (Å²) in [5.74, 6) is 2.89. The van der Waals surface area contributed by atoms with E-state index in [4.69, 9.17) is 9.47 Å². The van der Waals surface area contributed by atoms with E-state index in [0.717, 1.165) is 83.5 Å². The standard InChI is InChI=1S/C31H39N7O3S/c1-4-26-32-9-12-38(26)19-23-17-22(5-6-25(23)40-3)18-36-10-7-24(8-11-36)35-29-27-21(2)28(42-30(27)34-20-33-29)31(39)37-13-15-41-16-14-37/h5-6,9,12,17,20,24H,4,7-8,10-11,13-16,18-19H2,1-3H3,(H,33,34,35). The monoisotopic (exact) mass is 589 g/mol. The highest BCUT2D eigenvalue weighted by Crippen LogP contribution is 2.35. The summed E-state index contributed by atoms with van der Waals surface area (Å²) in [5.41, 5.74) is 3.42. The molecule has 4 aromatic rings. The van der Waals surface area contributed by atoms with Crippen LogP contribution in [-0.2, 0) is 24.2 Å². The highest BCUT2D eigenvalue weighted by Gasteiger charge is 2.26. The van der Waals surface area contributed by atoms with E-state index in [0.29, 0.717) is 32.3 Å². The lowest BCUT2D eigenvalue weighted by atomic mass is 10.0. The summed E-state index contributed by atoms with van der Waals surface area (Å²) in [6.07, 6.45) is 8.45. The fourth-order valence-electron chi connectivity index (χ4n) is 6.02. The van der Waals surface area contributed by atoms with Gasteiger partial charge in [0.25, 0.3) is 5.91 Å². The highest BCUT2D eigenvalue weighted by atomic mass is 32.1. The number of aryl methyl sites for hydroxylation is 2. The number of anilines is 1. The van der Waals surface area contributed by atoms with Crippen LogP contribution in [0.15, 0.2) is 36.9 Å². The van der Waals surface area contributed by atoms with E-state index < -0.39 is 0 Å². The Balaban J connectivity index is 1.09. The Labute approximate surface area is 250 Å². The third-order valence-corrected chi connectivity index (χ3v) is 9.55. The summed E-state index contributed by atoms with van der Waals surface area (Å²) >= 11 is 1.46. The molecule has 5 heterocycles. The lowest BCUT2D eigenvalue weighted by molar-refractivity contribution is 0.0306. The van der Waals surface area contributed by atoms with Gasteiger partial charge in [0.15, 0.2) is 0 Å². The first-order valence-electron chi connectivity index (χ1n) is 14.8. The van der Waals surface area contributed by atoms with Gasteiger partial charge in [0.2, 0.25) is 0 Å².